The number of rotatable bonds is 6. The average Bonchev–Trinajstić information content (AvgIpc) is 2.61. The van der Waals surface area contributed by atoms with Crippen molar-refractivity contribution in [3.8, 4) is 5.75 Å². The van der Waals surface area contributed by atoms with Crippen LogP contribution in [-0.2, 0) is 14.3 Å². The first-order valence-electron chi connectivity index (χ1n) is 8.24. The van der Waals surface area contributed by atoms with E-state index in [0.29, 0.717) is 42.8 Å². The maximum Gasteiger partial charge on any atom is 0.282 e. The van der Waals surface area contributed by atoms with Gasteiger partial charge in [0.2, 0.25) is 0 Å². The molecule has 2 amide bonds. The van der Waals surface area contributed by atoms with Crippen molar-refractivity contribution in [3.63, 3.8) is 0 Å². The second-order valence-electron chi connectivity index (χ2n) is 6.07. The molecular formula is C17H25ClN3O4+. The molecule has 2 rings (SSSR count). The molecule has 1 aromatic rings. The Labute approximate surface area is 152 Å². The largest absolute Gasteiger partial charge is 0.495 e. The summed E-state index contributed by atoms with van der Waals surface area (Å²) in [5.74, 6) is 0.362. The number of ether oxygens (including phenoxy) is 2. The highest BCUT2D eigenvalue weighted by molar-refractivity contribution is 6.31. The third-order valence-corrected chi connectivity index (χ3v) is 4.58. The lowest BCUT2D eigenvalue weighted by atomic mass is 10.2. The molecule has 1 saturated heterocycles. The average molecular weight is 371 g/mol. The van der Waals surface area contributed by atoms with Crippen LogP contribution in [0.25, 0.3) is 0 Å². The van der Waals surface area contributed by atoms with Crippen LogP contribution in [0.4, 0.5) is 5.69 Å². The highest BCUT2D eigenvalue weighted by Gasteiger charge is 2.27. The third kappa shape index (κ3) is 5.32. The first-order valence-corrected chi connectivity index (χ1v) is 8.62. The van der Waals surface area contributed by atoms with E-state index in [0.717, 1.165) is 4.90 Å². The zero-order chi connectivity index (χ0) is 18.4. The SMILES string of the molecule is COc1ccc(Cl)cc1NC(=O)[C@@H](C)[NH+](C)CC(=O)N1CCOCC1. The summed E-state index contributed by atoms with van der Waals surface area (Å²) in [6.07, 6.45) is 0. The monoisotopic (exact) mass is 370 g/mol. The predicted molar refractivity (Wildman–Crippen MR) is 95.2 cm³/mol. The van der Waals surface area contributed by atoms with Gasteiger partial charge in [0, 0.05) is 18.1 Å². The molecule has 0 bridgehead atoms. The first-order chi connectivity index (χ1) is 11.9. The molecule has 0 spiro atoms. The van der Waals surface area contributed by atoms with Crippen molar-refractivity contribution in [2.24, 2.45) is 0 Å². The van der Waals surface area contributed by atoms with Crippen LogP contribution in [0.15, 0.2) is 18.2 Å². The Kier molecular flexibility index (Phi) is 7.04. The molecule has 1 aliphatic rings. The summed E-state index contributed by atoms with van der Waals surface area (Å²) in [6.45, 7) is 4.37. The molecule has 25 heavy (non-hydrogen) atoms. The van der Waals surface area contributed by atoms with E-state index >= 15 is 0 Å². The quantitative estimate of drug-likeness (QED) is 0.742. The van der Waals surface area contributed by atoms with Gasteiger partial charge in [-0.05, 0) is 25.1 Å². The van der Waals surface area contributed by atoms with Gasteiger partial charge < -0.3 is 24.6 Å². The van der Waals surface area contributed by atoms with Crippen LogP contribution in [0.2, 0.25) is 5.02 Å². The van der Waals surface area contributed by atoms with Gasteiger partial charge in [-0.2, -0.15) is 0 Å². The molecule has 0 radical (unpaired) electrons. The number of amides is 2. The second kappa shape index (κ2) is 9.03. The van der Waals surface area contributed by atoms with E-state index in [4.69, 9.17) is 21.1 Å². The highest BCUT2D eigenvalue weighted by atomic mass is 35.5. The number of carbonyl (C=O) groups is 2. The van der Waals surface area contributed by atoms with Crippen molar-refractivity contribution < 1.29 is 24.0 Å². The minimum Gasteiger partial charge on any atom is -0.495 e. The van der Waals surface area contributed by atoms with Crippen molar-refractivity contribution in [3.05, 3.63) is 23.2 Å². The maximum atomic E-state index is 12.5. The number of anilines is 1. The number of carbonyl (C=O) groups excluding carboxylic acids is 2. The van der Waals surface area contributed by atoms with E-state index in [1.807, 2.05) is 7.05 Å². The smallest absolute Gasteiger partial charge is 0.282 e. The summed E-state index contributed by atoms with van der Waals surface area (Å²) < 4.78 is 10.5. The van der Waals surface area contributed by atoms with Gasteiger partial charge in [-0.1, -0.05) is 11.6 Å². The first kappa shape index (κ1) is 19.5. The number of nitrogens with zero attached hydrogens (tertiary/aromatic N) is 1. The van der Waals surface area contributed by atoms with Crippen LogP contribution in [0.5, 0.6) is 5.75 Å². The van der Waals surface area contributed by atoms with E-state index in [2.05, 4.69) is 5.32 Å². The number of methoxy groups -OCH3 is 1. The fourth-order valence-electron chi connectivity index (χ4n) is 2.56. The van der Waals surface area contributed by atoms with Crippen molar-refractivity contribution in [2.45, 2.75) is 13.0 Å². The van der Waals surface area contributed by atoms with Gasteiger partial charge in [0.25, 0.3) is 11.8 Å². The van der Waals surface area contributed by atoms with Crippen LogP contribution in [0.3, 0.4) is 0 Å². The van der Waals surface area contributed by atoms with E-state index < -0.39 is 6.04 Å². The van der Waals surface area contributed by atoms with Crippen LogP contribution in [0, 0.1) is 0 Å². The molecule has 7 nitrogen and oxygen atoms in total. The molecule has 2 atom stereocenters. The number of benzene rings is 1. The number of quaternary nitrogens is 1. The predicted octanol–water partition coefficient (Wildman–Crippen LogP) is 0.0491. The summed E-state index contributed by atoms with van der Waals surface area (Å²) in [6, 6.07) is 4.62. The minimum atomic E-state index is -0.409. The number of hydrogen-bond acceptors (Lipinski definition) is 4. The van der Waals surface area contributed by atoms with E-state index in [1.54, 1.807) is 30.0 Å². The molecule has 1 heterocycles. The number of nitrogens with one attached hydrogen (secondary N) is 2. The Hall–Kier alpha value is -1.83. The molecule has 0 aromatic heterocycles. The van der Waals surface area contributed by atoms with Crippen LogP contribution in [-0.4, -0.2) is 69.8 Å². The minimum absolute atomic E-state index is 0.0285. The normalized spacial score (nSPS) is 16.9. The van der Waals surface area contributed by atoms with E-state index in [9.17, 15) is 9.59 Å². The van der Waals surface area contributed by atoms with Crippen LogP contribution >= 0.6 is 11.6 Å². The van der Waals surface area contributed by atoms with Gasteiger partial charge >= 0.3 is 0 Å². The second-order valence-corrected chi connectivity index (χ2v) is 6.51. The van der Waals surface area contributed by atoms with Gasteiger partial charge in [-0.15, -0.1) is 0 Å². The van der Waals surface area contributed by atoms with E-state index in [-0.39, 0.29) is 18.4 Å². The van der Waals surface area contributed by atoms with Crippen molar-refractivity contribution in [1.29, 1.82) is 0 Å². The molecule has 0 saturated carbocycles. The Morgan fingerprint density at radius 3 is 2.72 bits per heavy atom. The van der Waals surface area contributed by atoms with Gasteiger partial charge in [0.1, 0.15) is 5.75 Å². The molecule has 1 aromatic carbocycles. The zero-order valence-electron chi connectivity index (χ0n) is 14.8. The van der Waals surface area contributed by atoms with Crippen molar-refractivity contribution >= 4 is 29.1 Å². The highest BCUT2D eigenvalue weighted by Crippen LogP contribution is 2.27. The zero-order valence-corrected chi connectivity index (χ0v) is 15.6. The summed E-state index contributed by atoms with van der Waals surface area (Å²) in [5.41, 5.74) is 0.513. The topological polar surface area (TPSA) is 72.3 Å². The van der Waals surface area contributed by atoms with Crippen LogP contribution < -0.4 is 15.0 Å². The summed E-state index contributed by atoms with van der Waals surface area (Å²) in [5, 5.41) is 3.33. The summed E-state index contributed by atoms with van der Waals surface area (Å²) >= 11 is 5.98. The Bertz CT molecular complexity index is 620. The molecule has 0 aliphatic carbocycles. The number of likely N-dealkylation sites (N-methyl/N-ethyl adjacent to an activating group) is 1. The van der Waals surface area contributed by atoms with Crippen molar-refractivity contribution in [1.82, 2.24) is 4.90 Å². The fourth-order valence-corrected chi connectivity index (χ4v) is 2.73. The Morgan fingerprint density at radius 2 is 2.08 bits per heavy atom. The van der Waals surface area contributed by atoms with Crippen molar-refractivity contribution in [2.75, 3.05) is 52.3 Å². The van der Waals surface area contributed by atoms with E-state index in [1.165, 1.54) is 7.11 Å². The molecule has 8 heteroatoms. The molecule has 1 fully saturated rings. The molecule has 2 N–H and O–H groups in total. The van der Waals surface area contributed by atoms with Gasteiger partial charge in [-0.25, -0.2) is 0 Å². The molecule has 1 unspecified atom stereocenters. The fraction of sp³-hybridized carbons (Fsp3) is 0.529. The number of hydrogen-bond donors (Lipinski definition) is 2. The summed E-state index contributed by atoms with van der Waals surface area (Å²) in [7, 11) is 3.36. The lowest BCUT2D eigenvalue weighted by molar-refractivity contribution is -0.886. The maximum absolute atomic E-state index is 12.5. The van der Waals surface area contributed by atoms with Gasteiger partial charge in [0.15, 0.2) is 12.6 Å². The van der Waals surface area contributed by atoms with Gasteiger partial charge in [-0.3, -0.25) is 9.59 Å². The third-order valence-electron chi connectivity index (χ3n) is 4.35. The lowest BCUT2D eigenvalue weighted by Gasteiger charge is -2.28. The lowest BCUT2D eigenvalue weighted by Crippen LogP contribution is -3.15. The Morgan fingerprint density at radius 1 is 1.40 bits per heavy atom. The molecule has 1 aliphatic heterocycles. The molecule has 138 valence electrons. The number of halogens is 1. The Balaban J connectivity index is 1.94. The molecular weight excluding hydrogens is 346 g/mol. The van der Waals surface area contributed by atoms with Crippen LogP contribution in [0.1, 0.15) is 6.92 Å². The number of morpholine rings is 1. The van der Waals surface area contributed by atoms with Gasteiger partial charge in [0.05, 0.1) is 33.1 Å². The standard InChI is InChI=1S/C17H24ClN3O4/c1-12(20(2)11-16(22)21-6-8-25-9-7-21)17(23)19-14-10-13(18)4-5-15(14)24-3/h4-5,10,12H,6-9,11H2,1-3H3,(H,19,23)/p+1/t12-/m1/s1. The summed E-state index contributed by atoms with van der Waals surface area (Å²) in [4.78, 5) is 27.4.